The van der Waals surface area contributed by atoms with E-state index in [-0.39, 0.29) is 0 Å². The Labute approximate surface area is 167 Å². The molecule has 0 saturated heterocycles. The highest BCUT2D eigenvalue weighted by atomic mass is 14.9. The Kier molecular flexibility index (Phi) is 3.92. The molecule has 3 aromatic heterocycles. The maximum atomic E-state index is 9.35. The molecule has 1 N–H and O–H groups in total. The average molecular weight is 376 g/mol. The fourth-order valence-electron chi connectivity index (χ4n) is 3.55. The average Bonchev–Trinajstić information content (AvgIpc) is 3.14. The molecular formula is C23H16N6. The van der Waals surface area contributed by atoms with Gasteiger partial charge in [-0.05, 0) is 41.3 Å². The van der Waals surface area contributed by atoms with Crippen LogP contribution >= 0.6 is 0 Å². The molecule has 0 amide bonds. The van der Waals surface area contributed by atoms with Crippen molar-refractivity contribution in [3.63, 3.8) is 0 Å². The first kappa shape index (κ1) is 16.9. The molecule has 2 aromatic carbocycles. The van der Waals surface area contributed by atoms with E-state index in [4.69, 9.17) is 0 Å². The summed E-state index contributed by atoms with van der Waals surface area (Å²) in [5.74, 6) is 0. The SMILES string of the molecule is Cn1ccc2ccc(-c3cc(Nc4ccncc4C#N)cc4nccnc34)cc21. The standard InChI is InChI=1S/C23H16N6/c1-29-9-5-15-2-3-16(10-22(15)29)19-11-18(12-21-23(19)27-8-7-26-21)28-20-4-6-25-14-17(20)13-24/h2-12,14H,1H3,(H,25,28). The van der Waals surface area contributed by atoms with Crippen LogP contribution in [0.4, 0.5) is 11.4 Å². The van der Waals surface area contributed by atoms with Crippen LogP contribution in [0.1, 0.15) is 5.56 Å². The van der Waals surface area contributed by atoms with Crippen molar-refractivity contribution in [2.45, 2.75) is 0 Å². The second kappa shape index (κ2) is 6.73. The van der Waals surface area contributed by atoms with Crippen molar-refractivity contribution in [3.8, 4) is 17.2 Å². The van der Waals surface area contributed by atoms with E-state index in [9.17, 15) is 5.26 Å². The van der Waals surface area contributed by atoms with Crippen LogP contribution in [0.25, 0.3) is 33.1 Å². The lowest BCUT2D eigenvalue weighted by atomic mass is 10.0. The highest BCUT2D eigenvalue weighted by Gasteiger charge is 2.11. The first-order valence-electron chi connectivity index (χ1n) is 9.14. The van der Waals surface area contributed by atoms with Crippen LogP contribution in [0.2, 0.25) is 0 Å². The van der Waals surface area contributed by atoms with E-state index >= 15 is 0 Å². The number of pyridine rings is 1. The number of nitrogens with zero attached hydrogens (tertiary/aromatic N) is 5. The molecule has 0 atom stereocenters. The van der Waals surface area contributed by atoms with Crippen molar-refractivity contribution < 1.29 is 0 Å². The van der Waals surface area contributed by atoms with E-state index in [1.165, 1.54) is 5.39 Å². The van der Waals surface area contributed by atoms with E-state index < -0.39 is 0 Å². The van der Waals surface area contributed by atoms with Crippen LogP contribution in [-0.2, 0) is 7.05 Å². The molecule has 3 heterocycles. The summed E-state index contributed by atoms with van der Waals surface area (Å²) < 4.78 is 2.10. The van der Waals surface area contributed by atoms with Gasteiger partial charge in [0.15, 0.2) is 0 Å². The molecule has 0 aliphatic rings. The molecule has 138 valence electrons. The Morgan fingerprint density at radius 3 is 2.79 bits per heavy atom. The van der Waals surface area contributed by atoms with Crippen molar-refractivity contribution in [1.82, 2.24) is 19.5 Å². The van der Waals surface area contributed by atoms with Gasteiger partial charge in [0.05, 0.1) is 22.3 Å². The number of aryl methyl sites for hydroxylation is 1. The lowest BCUT2D eigenvalue weighted by molar-refractivity contribution is 0.969. The summed E-state index contributed by atoms with van der Waals surface area (Å²) >= 11 is 0. The van der Waals surface area contributed by atoms with Gasteiger partial charge in [-0.25, -0.2) is 0 Å². The minimum Gasteiger partial charge on any atom is -0.354 e. The molecule has 0 radical (unpaired) electrons. The van der Waals surface area contributed by atoms with Gasteiger partial charge >= 0.3 is 0 Å². The Hall–Kier alpha value is -4.24. The minimum absolute atomic E-state index is 0.485. The minimum atomic E-state index is 0.485. The lowest BCUT2D eigenvalue weighted by Crippen LogP contribution is -1.97. The molecule has 0 saturated carbocycles. The van der Waals surface area contributed by atoms with Gasteiger partial charge in [0.1, 0.15) is 6.07 Å². The van der Waals surface area contributed by atoms with Crippen molar-refractivity contribution in [2.75, 3.05) is 5.32 Å². The third-order valence-corrected chi connectivity index (χ3v) is 4.99. The van der Waals surface area contributed by atoms with Crippen LogP contribution in [0, 0.1) is 11.3 Å². The van der Waals surface area contributed by atoms with E-state index in [0.717, 1.165) is 33.4 Å². The second-order valence-corrected chi connectivity index (χ2v) is 6.81. The maximum Gasteiger partial charge on any atom is 0.103 e. The molecule has 29 heavy (non-hydrogen) atoms. The highest BCUT2D eigenvalue weighted by Crippen LogP contribution is 2.33. The smallest absolute Gasteiger partial charge is 0.103 e. The third-order valence-electron chi connectivity index (χ3n) is 4.99. The number of hydrogen-bond donors (Lipinski definition) is 1. The Bertz CT molecular complexity index is 1410. The van der Waals surface area contributed by atoms with Gasteiger partial charge in [0.25, 0.3) is 0 Å². The number of aromatic nitrogens is 4. The molecule has 0 aliphatic carbocycles. The van der Waals surface area contributed by atoms with Crippen LogP contribution < -0.4 is 5.32 Å². The quantitative estimate of drug-likeness (QED) is 0.489. The van der Waals surface area contributed by atoms with Gasteiger partial charge in [-0.15, -0.1) is 0 Å². The summed E-state index contributed by atoms with van der Waals surface area (Å²) in [6.45, 7) is 0. The predicted octanol–water partition coefficient (Wildman–Crippen LogP) is 4.80. The molecule has 5 rings (SSSR count). The monoisotopic (exact) mass is 376 g/mol. The van der Waals surface area contributed by atoms with Gasteiger partial charge in [0.2, 0.25) is 0 Å². The molecule has 0 unspecified atom stereocenters. The number of nitrogens with one attached hydrogen (secondary N) is 1. The van der Waals surface area contributed by atoms with E-state index in [1.54, 1.807) is 30.9 Å². The molecule has 0 fully saturated rings. The van der Waals surface area contributed by atoms with Crippen LogP contribution in [-0.4, -0.2) is 19.5 Å². The molecular weight excluding hydrogens is 360 g/mol. The summed E-state index contributed by atoms with van der Waals surface area (Å²) in [6, 6.07) is 16.4. The topological polar surface area (TPSA) is 79.4 Å². The normalized spacial score (nSPS) is 10.9. The predicted molar refractivity (Wildman–Crippen MR) is 114 cm³/mol. The Balaban J connectivity index is 1.70. The molecule has 5 aromatic rings. The molecule has 6 nitrogen and oxygen atoms in total. The van der Waals surface area contributed by atoms with E-state index in [0.29, 0.717) is 11.3 Å². The number of benzene rings is 2. The van der Waals surface area contributed by atoms with Crippen LogP contribution in [0.15, 0.2) is 73.4 Å². The fourth-order valence-corrected chi connectivity index (χ4v) is 3.55. The summed E-state index contributed by atoms with van der Waals surface area (Å²) in [4.78, 5) is 13.1. The number of fused-ring (bicyclic) bond motifs is 2. The first-order valence-corrected chi connectivity index (χ1v) is 9.14. The lowest BCUT2D eigenvalue weighted by Gasteiger charge is -2.12. The molecule has 6 heteroatoms. The zero-order chi connectivity index (χ0) is 19.8. The van der Waals surface area contributed by atoms with Crippen LogP contribution in [0.3, 0.4) is 0 Å². The zero-order valence-electron chi connectivity index (χ0n) is 15.7. The molecule has 0 aliphatic heterocycles. The van der Waals surface area contributed by atoms with Gasteiger partial charge < -0.3 is 9.88 Å². The summed E-state index contributed by atoms with van der Waals surface area (Å²) in [5.41, 5.74) is 6.83. The summed E-state index contributed by atoms with van der Waals surface area (Å²) in [5, 5.41) is 13.9. The van der Waals surface area contributed by atoms with E-state index in [2.05, 4.69) is 61.4 Å². The zero-order valence-corrected chi connectivity index (χ0v) is 15.7. The van der Waals surface area contributed by atoms with Crippen molar-refractivity contribution in [1.29, 1.82) is 5.26 Å². The maximum absolute atomic E-state index is 9.35. The highest BCUT2D eigenvalue weighted by molar-refractivity contribution is 5.97. The first-order chi connectivity index (χ1) is 14.2. The number of nitriles is 1. The van der Waals surface area contributed by atoms with Gasteiger partial charge in [-0.3, -0.25) is 15.0 Å². The number of anilines is 2. The summed E-state index contributed by atoms with van der Waals surface area (Å²) in [7, 11) is 2.04. The van der Waals surface area contributed by atoms with Gasteiger partial charge in [0, 0.05) is 54.8 Å². The Morgan fingerprint density at radius 1 is 1.00 bits per heavy atom. The second-order valence-electron chi connectivity index (χ2n) is 6.81. The number of rotatable bonds is 3. The van der Waals surface area contributed by atoms with Crippen LogP contribution in [0.5, 0.6) is 0 Å². The van der Waals surface area contributed by atoms with Crippen molar-refractivity contribution in [2.24, 2.45) is 7.05 Å². The van der Waals surface area contributed by atoms with Gasteiger partial charge in [-0.1, -0.05) is 12.1 Å². The largest absolute Gasteiger partial charge is 0.354 e. The van der Waals surface area contributed by atoms with Gasteiger partial charge in [-0.2, -0.15) is 5.26 Å². The van der Waals surface area contributed by atoms with E-state index in [1.807, 2.05) is 19.2 Å². The molecule has 0 spiro atoms. The molecule has 0 bridgehead atoms. The summed E-state index contributed by atoms with van der Waals surface area (Å²) in [6.07, 6.45) is 8.65. The Morgan fingerprint density at radius 2 is 1.90 bits per heavy atom. The fraction of sp³-hybridized carbons (Fsp3) is 0.0435. The van der Waals surface area contributed by atoms with Crippen molar-refractivity contribution >= 4 is 33.3 Å². The van der Waals surface area contributed by atoms with Crippen molar-refractivity contribution in [3.05, 3.63) is 79.0 Å². The number of hydrogen-bond acceptors (Lipinski definition) is 5. The third kappa shape index (κ3) is 2.95.